The molecule has 0 bridgehead atoms. The second kappa shape index (κ2) is 4.79. The van der Waals surface area contributed by atoms with Crippen LogP contribution in [-0.2, 0) is 0 Å². The number of rotatable bonds is 2. The van der Waals surface area contributed by atoms with E-state index in [4.69, 9.17) is 0 Å². The number of hydrogen-bond acceptors (Lipinski definition) is 1. The highest BCUT2D eigenvalue weighted by Gasteiger charge is 2.39. The van der Waals surface area contributed by atoms with Crippen molar-refractivity contribution in [3.05, 3.63) is 35.4 Å². The van der Waals surface area contributed by atoms with Crippen LogP contribution in [0.25, 0.3) is 0 Å². The summed E-state index contributed by atoms with van der Waals surface area (Å²) in [5.74, 6) is -2.16. The van der Waals surface area contributed by atoms with E-state index in [1.807, 2.05) is 13.8 Å². The van der Waals surface area contributed by atoms with E-state index in [1.165, 1.54) is 6.07 Å². The van der Waals surface area contributed by atoms with Crippen molar-refractivity contribution in [2.75, 3.05) is 0 Å². The SMILES string of the molecule is CC1(C)CCCCC1C(=O)c1c(F)cccc1F. The molecule has 2 rings (SSSR count). The molecule has 0 radical (unpaired) electrons. The number of carbonyl (C=O) groups is 1. The van der Waals surface area contributed by atoms with E-state index in [9.17, 15) is 13.6 Å². The van der Waals surface area contributed by atoms with Crippen LogP contribution in [0.15, 0.2) is 18.2 Å². The van der Waals surface area contributed by atoms with Gasteiger partial charge in [0.1, 0.15) is 11.6 Å². The highest BCUT2D eigenvalue weighted by Crippen LogP contribution is 2.42. The third-order valence-corrected chi connectivity index (χ3v) is 4.03. The molecule has 1 atom stereocenters. The van der Waals surface area contributed by atoms with Gasteiger partial charge in [-0.25, -0.2) is 8.78 Å². The number of benzene rings is 1. The van der Waals surface area contributed by atoms with Crippen LogP contribution in [-0.4, -0.2) is 5.78 Å². The van der Waals surface area contributed by atoms with Gasteiger partial charge in [0.05, 0.1) is 5.56 Å². The fourth-order valence-electron chi connectivity index (χ4n) is 2.89. The molecule has 0 amide bonds. The predicted octanol–water partition coefficient (Wildman–Crippen LogP) is 4.36. The molecule has 1 saturated carbocycles. The normalized spacial score (nSPS) is 22.8. The molecular weight excluding hydrogens is 234 g/mol. The zero-order valence-electron chi connectivity index (χ0n) is 10.8. The van der Waals surface area contributed by atoms with Crippen molar-refractivity contribution in [2.45, 2.75) is 39.5 Å². The van der Waals surface area contributed by atoms with Gasteiger partial charge >= 0.3 is 0 Å². The van der Waals surface area contributed by atoms with E-state index in [-0.39, 0.29) is 22.7 Å². The summed E-state index contributed by atoms with van der Waals surface area (Å²) in [6.45, 7) is 4.01. The molecule has 0 saturated heterocycles. The molecule has 1 nitrogen and oxygen atoms in total. The molecule has 98 valence electrons. The second-order valence-electron chi connectivity index (χ2n) is 5.75. The summed E-state index contributed by atoms with van der Waals surface area (Å²) in [7, 11) is 0. The molecule has 1 aromatic carbocycles. The Balaban J connectivity index is 2.36. The summed E-state index contributed by atoms with van der Waals surface area (Å²) in [4.78, 5) is 12.4. The van der Waals surface area contributed by atoms with Crippen LogP contribution in [0, 0.1) is 23.0 Å². The fourth-order valence-corrected chi connectivity index (χ4v) is 2.89. The molecule has 3 heteroatoms. The second-order valence-corrected chi connectivity index (χ2v) is 5.75. The zero-order chi connectivity index (χ0) is 13.3. The number of Topliss-reactive ketones (excluding diaryl/α,β-unsaturated/α-hetero) is 1. The van der Waals surface area contributed by atoms with Crippen LogP contribution in [0.1, 0.15) is 49.9 Å². The van der Waals surface area contributed by atoms with Gasteiger partial charge in [0.15, 0.2) is 5.78 Å². The van der Waals surface area contributed by atoms with E-state index in [1.54, 1.807) is 0 Å². The molecular formula is C15H18F2O. The molecule has 0 aliphatic heterocycles. The van der Waals surface area contributed by atoms with Crippen LogP contribution in [0.5, 0.6) is 0 Å². The molecule has 1 aliphatic rings. The number of halogens is 2. The number of carbonyl (C=O) groups excluding carboxylic acids is 1. The van der Waals surface area contributed by atoms with Gasteiger partial charge in [0.2, 0.25) is 0 Å². The average molecular weight is 252 g/mol. The first-order valence-electron chi connectivity index (χ1n) is 6.42. The van der Waals surface area contributed by atoms with Gasteiger partial charge in [-0.15, -0.1) is 0 Å². The molecule has 1 aliphatic carbocycles. The Morgan fingerprint density at radius 1 is 1.22 bits per heavy atom. The minimum Gasteiger partial charge on any atom is -0.294 e. The quantitative estimate of drug-likeness (QED) is 0.714. The lowest BCUT2D eigenvalue weighted by Crippen LogP contribution is -2.34. The summed E-state index contributed by atoms with van der Waals surface area (Å²) >= 11 is 0. The Bertz CT molecular complexity index is 445. The highest BCUT2D eigenvalue weighted by molar-refractivity contribution is 5.98. The summed E-state index contributed by atoms with van der Waals surface area (Å²) in [6.07, 6.45) is 3.69. The van der Waals surface area contributed by atoms with Gasteiger partial charge in [-0.3, -0.25) is 4.79 Å². The Hall–Kier alpha value is -1.25. The monoisotopic (exact) mass is 252 g/mol. The maximum atomic E-state index is 13.6. The molecule has 0 N–H and O–H groups in total. The predicted molar refractivity (Wildman–Crippen MR) is 66.4 cm³/mol. The van der Waals surface area contributed by atoms with Crippen molar-refractivity contribution >= 4 is 5.78 Å². The third-order valence-electron chi connectivity index (χ3n) is 4.03. The lowest BCUT2D eigenvalue weighted by molar-refractivity contribution is 0.0688. The largest absolute Gasteiger partial charge is 0.294 e. The minimum absolute atomic E-state index is 0.177. The molecule has 1 unspecified atom stereocenters. The minimum atomic E-state index is -0.749. The van der Waals surface area contributed by atoms with E-state index in [0.717, 1.165) is 37.8 Å². The number of ketones is 1. The Morgan fingerprint density at radius 3 is 2.39 bits per heavy atom. The summed E-state index contributed by atoms with van der Waals surface area (Å²) in [6, 6.07) is 3.58. The topological polar surface area (TPSA) is 17.1 Å². The first kappa shape index (κ1) is 13.2. The van der Waals surface area contributed by atoms with Gasteiger partial charge in [-0.2, -0.15) is 0 Å². The van der Waals surface area contributed by atoms with Crippen LogP contribution < -0.4 is 0 Å². The van der Waals surface area contributed by atoms with Crippen LogP contribution in [0.4, 0.5) is 8.78 Å². The van der Waals surface area contributed by atoms with E-state index in [2.05, 4.69) is 0 Å². The molecule has 0 heterocycles. The first-order chi connectivity index (χ1) is 8.43. The zero-order valence-corrected chi connectivity index (χ0v) is 10.8. The fraction of sp³-hybridized carbons (Fsp3) is 0.533. The maximum Gasteiger partial charge on any atom is 0.172 e. The van der Waals surface area contributed by atoms with Crippen molar-refractivity contribution in [2.24, 2.45) is 11.3 Å². The van der Waals surface area contributed by atoms with Gasteiger partial charge in [-0.05, 0) is 30.4 Å². The lowest BCUT2D eigenvalue weighted by Gasteiger charge is -2.37. The summed E-state index contributed by atoms with van der Waals surface area (Å²) in [5.41, 5.74) is -0.540. The molecule has 0 aromatic heterocycles. The smallest absolute Gasteiger partial charge is 0.172 e. The van der Waals surface area contributed by atoms with Crippen LogP contribution in [0.2, 0.25) is 0 Å². The average Bonchev–Trinajstić information content (AvgIpc) is 2.27. The van der Waals surface area contributed by atoms with Gasteiger partial charge in [0, 0.05) is 5.92 Å². The van der Waals surface area contributed by atoms with E-state index >= 15 is 0 Å². The van der Waals surface area contributed by atoms with Crippen LogP contribution >= 0.6 is 0 Å². The van der Waals surface area contributed by atoms with Crippen LogP contribution in [0.3, 0.4) is 0 Å². The summed E-state index contributed by atoms with van der Waals surface area (Å²) < 4.78 is 27.3. The lowest BCUT2D eigenvalue weighted by atomic mass is 9.66. The third kappa shape index (κ3) is 2.31. The molecule has 1 fully saturated rings. The number of hydrogen-bond donors (Lipinski definition) is 0. The van der Waals surface area contributed by atoms with Gasteiger partial charge < -0.3 is 0 Å². The van der Waals surface area contributed by atoms with Crippen molar-refractivity contribution in [3.8, 4) is 0 Å². The Morgan fingerprint density at radius 2 is 1.83 bits per heavy atom. The Kier molecular flexibility index (Phi) is 3.51. The van der Waals surface area contributed by atoms with Gasteiger partial charge in [0.25, 0.3) is 0 Å². The summed E-state index contributed by atoms with van der Waals surface area (Å²) in [5, 5.41) is 0. The first-order valence-corrected chi connectivity index (χ1v) is 6.42. The maximum absolute atomic E-state index is 13.6. The van der Waals surface area contributed by atoms with E-state index < -0.39 is 11.6 Å². The van der Waals surface area contributed by atoms with Gasteiger partial charge in [-0.1, -0.05) is 32.8 Å². The van der Waals surface area contributed by atoms with Crippen molar-refractivity contribution < 1.29 is 13.6 Å². The Labute approximate surface area is 106 Å². The molecule has 18 heavy (non-hydrogen) atoms. The molecule has 1 aromatic rings. The standard InChI is InChI=1S/C15H18F2O/c1-15(2)9-4-3-6-10(15)14(18)13-11(16)7-5-8-12(13)17/h5,7-8,10H,3-4,6,9H2,1-2H3. The van der Waals surface area contributed by atoms with Crippen molar-refractivity contribution in [1.29, 1.82) is 0 Å². The molecule has 0 spiro atoms. The van der Waals surface area contributed by atoms with Crippen molar-refractivity contribution in [3.63, 3.8) is 0 Å². The highest BCUT2D eigenvalue weighted by atomic mass is 19.1. The van der Waals surface area contributed by atoms with Crippen molar-refractivity contribution in [1.82, 2.24) is 0 Å². The van der Waals surface area contributed by atoms with E-state index in [0.29, 0.717) is 0 Å².